The minimum atomic E-state index is -0.584. The SMILES string of the molecule is CC(C)(C)OC(=O)NCCC(=O)NC(c1ccc(F)cc1)c1cccs1. The maximum absolute atomic E-state index is 13.2. The molecule has 2 N–H and O–H groups in total. The van der Waals surface area contributed by atoms with Crippen LogP contribution in [-0.4, -0.2) is 24.1 Å². The summed E-state index contributed by atoms with van der Waals surface area (Å²) in [5.74, 6) is -0.546. The molecule has 1 aromatic carbocycles. The van der Waals surface area contributed by atoms with Crippen molar-refractivity contribution in [3.8, 4) is 0 Å². The van der Waals surface area contributed by atoms with Crippen LogP contribution in [0.25, 0.3) is 0 Å². The summed E-state index contributed by atoms with van der Waals surface area (Å²) in [6.45, 7) is 5.48. The molecule has 1 unspecified atom stereocenters. The highest BCUT2D eigenvalue weighted by Crippen LogP contribution is 2.26. The number of thiophene rings is 1. The van der Waals surface area contributed by atoms with Crippen molar-refractivity contribution in [3.05, 3.63) is 58.0 Å². The molecule has 7 heteroatoms. The number of hydrogen-bond donors (Lipinski definition) is 2. The van der Waals surface area contributed by atoms with E-state index < -0.39 is 11.7 Å². The van der Waals surface area contributed by atoms with Gasteiger partial charge in [-0.25, -0.2) is 9.18 Å². The highest BCUT2D eigenvalue weighted by molar-refractivity contribution is 7.10. The van der Waals surface area contributed by atoms with Crippen molar-refractivity contribution in [2.45, 2.75) is 38.8 Å². The van der Waals surface area contributed by atoms with Gasteiger partial charge in [0.25, 0.3) is 0 Å². The number of ether oxygens (including phenoxy) is 1. The zero-order valence-corrected chi connectivity index (χ0v) is 15.9. The molecule has 0 radical (unpaired) electrons. The van der Waals surface area contributed by atoms with Gasteiger partial charge >= 0.3 is 6.09 Å². The van der Waals surface area contributed by atoms with Crippen LogP contribution in [0.3, 0.4) is 0 Å². The zero-order chi connectivity index (χ0) is 19.2. The molecule has 1 aromatic heterocycles. The summed E-state index contributed by atoms with van der Waals surface area (Å²) >= 11 is 1.51. The largest absolute Gasteiger partial charge is 0.444 e. The Morgan fingerprint density at radius 1 is 1.19 bits per heavy atom. The van der Waals surface area contributed by atoms with Crippen LogP contribution < -0.4 is 10.6 Å². The second kappa shape index (κ2) is 8.80. The molecule has 1 atom stereocenters. The highest BCUT2D eigenvalue weighted by Gasteiger charge is 2.19. The summed E-state index contributed by atoms with van der Waals surface area (Å²) in [6.07, 6.45) is -0.443. The van der Waals surface area contributed by atoms with E-state index in [9.17, 15) is 14.0 Å². The van der Waals surface area contributed by atoms with Gasteiger partial charge in [-0.3, -0.25) is 4.79 Å². The average molecular weight is 378 g/mol. The number of carbonyl (C=O) groups excluding carboxylic acids is 2. The summed E-state index contributed by atoms with van der Waals surface area (Å²) < 4.78 is 18.3. The Balaban J connectivity index is 1.93. The maximum atomic E-state index is 13.2. The number of benzene rings is 1. The summed E-state index contributed by atoms with van der Waals surface area (Å²) in [6, 6.07) is 9.49. The number of rotatable bonds is 6. The van der Waals surface area contributed by atoms with Gasteiger partial charge in [-0.15, -0.1) is 11.3 Å². The van der Waals surface area contributed by atoms with Crippen molar-refractivity contribution in [3.63, 3.8) is 0 Å². The van der Waals surface area contributed by atoms with Crippen LogP contribution in [0.15, 0.2) is 41.8 Å². The molecule has 0 bridgehead atoms. The highest BCUT2D eigenvalue weighted by atomic mass is 32.1. The van der Waals surface area contributed by atoms with Gasteiger partial charge in [0.2, 0.25) is 5.91 Å². The first-order valence-corrected chi connectivity index (χ1v) is 9.17. The third-order valence-electron chi connectivity index (χ3n) is 3.36. The third kappa shape index (κ3) is 6.48. The molecule has 0 aliphatic carbocycles. The monoisotopic (exact) mass is 378 g/mol. The second-order valence-corrected chi connectivity index (χ2v) is 7.73. The Hall–Kier alpha value is -2.41. The third-order valence-corrected chi connectivity index (χ3v) is 4.29. The van der Waals surface area contributed by atoms with Gasteiger partial charge in [0.05, 0.1) is 6.04 Å². The summed E-state index contributed by atoms with van der Waals surface area (Å²) in [5.41, 5.74) is 0.210. The molecule has 0 saturated heterocycles. The number of carbonyl (C=O) groups is 2. The molecule has 0 aliphatic rings. The number of nitrogens with one attached hydrogen (secondary N) is 2. The van der Waals surface area contributed by atoms with Gasteiger partial charge in [-0.05, 0) is 49.9 Å². The predicted octanol–water partition coefficient (Wildman–Crippen LogP) is 4.01. The van der Waals surface area contributed by atoms with E-state index in [0.717, 1.165) is 10.4 Å². The first kappa shape index (κ1) is 19.9. The van der Waals surface area contributed by atoms with Gasteiger partial charge in [0.1, 0.15) is 11.4 Å². The molecule has 2 rings (SSSR count). The summed E-state index contributed by atoms with van der Waals surface area (Å²) in [7, 11) is 0. The lowest BCUT2D eigenvalue weighted by molar-refractivity contribution is -0.121. The van der Waals surface area contributed by atoms with Crippen LogP contribution in [0.2, 0.25) is 0 Å². The van der Waals surface area contributed by atoms with Crippen LogP contribution in [-0.2, 0) is 9.53 Å². The van der Waals surface area contributed by atoms with Gasteiger partial charge in [0, 0.05) is 17.8 Å². The normalized spacial score (nSPS) is 12.3. The first-order chi connectivity index (χ1) is 12.2. The minimum absolute atomic E-state index is 0.113. The van der Waals surface area contributed by atoms with E-state index in [-0.39, 0.29) is 30.7 Å². The zero-order valence-electron chi connectivity index (χ0n) is 15.0. The fraction of sp³-hybridized carbons (Fsp3) is 0.368. The second-order valence-electron chi connectivity index (χ2n) is 6.75. The van der Waals surface area contributed by atoms with E-state index >= 15 is 0 Å². The first-order valence-electron chi connectivity index (χ1n) is 8.30. The van der Waals surface area contributed by atoms with Crippen LogP contribution >= 0.6 is 11.3 Å². The smallest absolute Gasteiger partial charge is 0.407 e. The maximum Gasteiger partial charge on any atom is 0.407 e. The van der Waals surface area contributed by atoms with Crippen molar-refractivity contribution in [1.29, 1.82) is 0 Å². The molecule has 5 nitrogen and oxygen atoms in total. The molecular formula is C19H23FN2O3S. The summed E-state index contributed by atoms with van der Waals surface area (Å²) in [4.78, 5) is 24.8. The molecule has 1 heterocycles. The average Bonchev–Trinajstić information content (AvgIpc) is 3.06. The standard InChI is InChI=1S/C19H23FN2O3S/c1-19(2,3)25-18(24)21-11-10-16(23)22-17(15-5-4-12-26-15)13-6-8-14(20)9-7-13/h4-9,12,17H,10-11H2,1-3H3,(H,21,24)(H,22,23). The van der Waals surface area contributed by atoms with Crippen LogP contribution in [0.4, 0.5) is 9.18 Å². The number of hydrogen-bond acceptors (Lipinski definition) is 4. The van der Waals surface area contributed by atoms with E-state index in [1.807, 2.05) is 17.5 Å². The lowest BCUT2D eigenvalue weighted by Crippen LogP contribution is -2.36. The van der Waals surface area contributed by atoms with Crippen LogP contribution in [0.1, 0.15) is 43.7 Å². The van der Waals surface area contributed by atoms with Gasteiger partial charge < -0.3 is 15.4 Å². The Labute approximate surface area is 156 Å². The van der Waals surface area contributed by atoms with Gasteiger partial charge in [-0.2, -0.15) is 0 Å². The fourth-order valence-electron chi connectivity index (χ4n) is 2.25. The lowest BCUT2D eigenvalue weighted by Gasteiger charge is -2.20. The molecule has 140 valence electrons. The van der Waals surface area contributed by atoms with Crippen molar-refractivity contribution < 1.29 is 18.7 Å². The van der Waals surface area contributed by atoms with Crippen molar-refractivity contribution in [2.24, 2.45) is 0 Å². The quantitative estimate of drug-likeness (QED) is 0.798. The Morgan fingerprint density at radius 3 is 2.46 bits per heavy atom. The molecule has 2 amide bonds. The fourth-order valence-corrected chi connectivity index (χ4v) is 3.06. The van der Waals surface area contributed by atoms with Gasteiger partial charge in [0.15, 0.2) is 0 Å². The van der Waals surface area contributed by atoms with E-state index in [4.69, 9.17) is 4.74 Å². The number of halogens is 1. The molecule has 26 heavy (non-hydrogen) atoms. The molecule has 0 saturated carbocycles. The number of amides is 2. The number of alkyl carbamates (subject to hydrolysis) is 1. The topological polar surface area (TPSA) is 67.4 Å². The molecule has 2 aromatic rings. The van der Waals surface area contributed by atoms with E-state index in [2.05, 4.69) is 10.6 Å². The van der Waals surface area contributed by atoms with Crippen molar-refractivity contribution in [1.82, 2.24) is 10.6 Å². The van der Waals surface area contributed by atoms with Crippen molar-refractivity contribution >= 4 is 23.3 Å². The lowest BCUT2D eigenvalue weighted by atomic mass is 10.1. The Morgan fingerprint density at radius 2 is 1.88 bits per heavy atom. The molecular weight excluding hydrogens is 355 g/mol. The molecule has 0 fully saturated rings. The van der Waals surface area contributed by atoms with Crippen molar-refractivity contribution in [2.75, 3.05) is 6.54 Å². The van der Waals surface area contributed by atoms with Crippen LogP contribution in [0, 0.1) is 5.82 Å². The molecule has 0 spiro atoms. The van der Waals surface area contributed by atoms with E-state index in [0.29, 0.717) is 0 Å². The summed E-state index contributed by atoms with van der Waals surface area (Å²) in [5, 5.41) is 7.41. The predicted molar refractivity (Wildman–Crippen MR) is 99.6 cm³/mol. The van der Waals surface area contributed by atoms with E-state index in [1.165, 1.54) is 23.5 Å². The Kier molecular flexibility index (Phi) is 6.74. The Bertz CT molecular complexity index is 724. The molecule has 0 aliphatic heterocycles. The van der Waals surface area contributed by atoms with Gasteiger partial charge in [-0.1, -0.05) is 18.2 Å². The minimum Gasteiger partial charge on any atom is -0.444 e. The van der Waals surface area contributed by atoms with E-state index in [1.54, 1.807) is 32.9 Å². The van der Waals surface area contributed by atoms with Crippen LogP contribution in [0.5, 0.6) is 0 Å².